The van der Waals surface area contributed by atoms with Gasteiger partial charge in [0.1, 0.15) is 12.4 Å². The van der Waals surface area contributed by atoms with Crippen LogP contribution in [-0.4, -0.2) is 50.2 Å². The number of sulfonamides is 1. The quantitative estimate of drug-likeness (QED) is 0.738. The van der Waals surface area contributed by atoms with Gasteiger partial charge in [-0.15, -0.1) is 0 Å². The van der Waals surface area contributed by atoms with Crippen molar-refractivity contribution in [2.24, 2.45) is 0 Å². The first-order chi connectivity index (χ1) is 9.38. The highest BCUT2D eigenvalue weighted by Crippen LogP contribution is 2.19. The van der Waals surface area contributed by atoms with Gasteiger partial charge in [0.15, 0.2) is 0 Å². The molecule has 0 bridgehead atoms. The van der Waals surface area contributed by atoms with Crippen molar-refractivity contribution >= 4 is 27.5 Å². The van der Waals surface area contributed by atoms with Crippen LogP contribution in [0.2, 0.25) is 0 Å². The Bertz CT molecular complexity index is 520. The molecule has 1 unspecified atom stereocenters. The Balaban J connectivity index is 2.54. The SMILES string of the molecule is CSCC(C)N(C)S(=O)(=O)CCOc1ccccc1N. The van der Waals surface area contributed by atoms with E-state index in [1.165, 1.54) is 4.31 Å². The number of hydrogen-bond acceptors (Lipinski definition) is 5. The van der Waals surface area contributed by atoms with Gasteiger partial charge in [-0.05, 0) is 25.3 Å². The van der Waals surface area contributed by atoms with Crippen LogP contribution in [0.1, 0.15) is 6.92 Å². The van der Waals surface area contributed by atoms with Gasteiger partial charge >= 0.3 is 0 Å². The van der Waals surface area contributed by atoms with E-state index in [9.17, 15) is 8.42 Å². The molecule has 0 aliphatic heterocycles. The Morgan fingerprint density at radius 2 is 2.05 bits per heavy atom. The van der Waals surface area contributed by atoms with Gasteiger partial charge in [-0.25, -0.2) is 12.7 Å². The number of para-hydroxylation sites is 2. The van der Waals surface area contributed by atoms with Crippen LogP contribution in [0.3, 0.4) is 0 Å². The van der Waals surface area contributed by atoms with Gasteiger partial charge in [-0.3, -0.25) is 0 Å². The minimum absolute atomic E-state index is 0.0307. The lowest BCUT2D eigenvalue weighted by molar-refractivity contribution is 0.335. The second-order valence-electron chi connectivity index (χ2n) is 4.52. The molecule has 0 aliphatic carbocycles. The lowest BCUT2D eigenvalue weighted by atomic mass is 10.3. The Hall–Kier alpha value is -0.920. The van der Waals surface area contributed by atoms with Crippen LogP contribution in [0.25, 0.3) is 0 Å². The molecule has 0 saturated carbocycles. The molecule has 20 heavy (non-hydrogen) atoms. The van der Waals surface area contributed by atoms with Crippen LogP contribution in [0, 0.1) is 0 Å². The minimum atomic E-state index is -3.31. The summed E-state index contributed by atoms with van der Waals surface area (Å²) in [6.07, 6.45) is 1.96. The molecule has 1 rings (SSSR count). The molecule has 0 aliphatic rings. The van der Waals surface area contributed by atoms with E-state index in [1.54, 1.807) is 43.1 Å². The van der Waals surface area contributed by atoms with E-state index in [0.29, 0.717) is 11.4 Å². The van der Waals surface area contributed by atoms with Crippen molar-refractivity contribution in [2.75, 3.05) is 37.1 Å². The molecule has 2 N–H and O–H groups in total. The van der Waals surface area contributed by atoms with E-state index in [2.05, 4.69) is 0 Å². The molecule has 1 atom stereocenters. The van der Waals surface area contributed by atoms with Gasteiger partial charge in [-0.2, -0.15) is 11.8 Å². The molecular weight excluding hydrogens is 296 g/mol. The number of rotatable bonds is 8. The third kappa shape index (κ3) is 4.88. The number of anilines is 1. The smallest absolute Gasteiger partial charge is 0.217 e. The summed E-state index contributed by atoms with van der Waals surface area (Å²) in [5.74, 6) is 1.22. The zero-order chi connectivity index (χ0) is 15.2. The van der Waals surface area contributed by atoms with Crippen molar-refractivity contribution in [2.45, 2.75) is 13.0 Å². The maximum absolute atomic E-state index is 12.1. The van der Waals surface area contributed by atoms with E-state index < -0.39 is 10.0 Å². The first-order valence-electron chi connectivity index (χ1n) is 6.30. The number of nitrogens with zero attached hydrogens (tertiary/aromatic N) is 1. The summed E-state index contributed by atoms with van der Waals surface area (Å²) < 4.78 is 31.1. The Labute approximate surface area is 125 Å². The summed E-state index contributed by atoms with van der Waals surface area (Å²) in [4.78, 5) is 0. The molecule has 0 radical (unpaired) electrons. The average molecular weight is 318 g/mol. The topological polar surface area (TPSA) is 72.6 Å². The van der Waals surface area contributed by atoms with Crippen LogP contribution >= 0.6 is 11.8 Å². The predicted octanol–water partition coefficient (Wildman–Crippen LogP) is 1.66. The molecule has 0 spiro atoms. The van der Waals surface area contributed by atoms with Crippen molar-refractivity contribution in [1.82, 2.24) is 4.31 Å². The molecule has 0 heterocycles. The fraction of sp³-hybridized carbons (Fsp3) is 0.538. The van der Waals surface area contributed by atoms with E-state index in [4.69, 9.17) is 10.5 Å². The number of ether oxygens (including phenoxy) is 1. The first-order valence-corrected chi connectivity index (χ1v) is 9.30. The number of nitrogen functional groups attached to an aromatic ring is 1. The van der Waals surface area contributed by atoms with Crippen molar-refractivity contribution in [1.29, 1.82) is 0 Å². The highest BCUT2D eigenvalue weighted by molar-refractivity contribution is 7.98. The molecule has 1 aromatic rings. The standard InChI is InChI=1S/C13H22N2O3S2/c1-11(10-19-3)15(2)20(16,17)9-8-18-13-7-5-4-6-12(13)14/h4-7,11H,8-10,14H2,1-3H3. The van der Waals surface area contributed by atoms with Gasteiger partial charge in [0.2, 0.25) is 10.0 Å². The van der Waals surface area contributed by atoms with Crippen molar-refractivity contribution in [3.8, 4) is 5.75 Å². The van der Waals surface area contributed by atoms with Crippen LogP contribution in [0.15, 0.2) is 24.3 Å². The van der Waals surface area contributed by atoms with Gasteiger partial charge in [0.25, 0.3) is 0 Å². The lowest BCUT2D eigenvalue weighted by Gasteiger charge is -2.23. The fourth-order valence-corrected chi connectivity index (χ4v) is 3.64. The largest absolute Gasteiger partial charge is 0.490 e. The normalized spacial score (nSPS) is 13.4. The van der Waals surface area contributed by atoms with Gasteiger partial charge in [-0.1, -0.05) is 12.1 Å². The maximum atomic E-state index is 12.1. The van der Waals surface area contributed by atoms with E-state index in [1.807, 2.05) is 13.2 Å². The summed E-state index contributed by atoms with van der Waals surface area (Å²) >= 11 is 1.62. The second kappa shape index (κ2) is 7.75. The van der Waals surface area contributed by atoms with Crippen molar-refractivity contribution in [3.63, 3.8) is 0 Å². The van der Waals surface area contributed by atoms with Crippen LogP contribution in [-0.2, 0) is 10.0 Å². The molecule has 1 aromatic carbocycles. The zero-order valence-corrected chi connectivity index (χ0v) is 13.7. The van der Waals surface area contributed by atoms with Gasteiger partial charge in [0, 0.05) is 18.8 Å². The minimum Gasteiger partial charge on any atom is -0.490 e. The summed E-state index contributed by atoms with van der Waals surface area (Å²) in [6, 6.07) is 7.01. The third-order valence-corrected chi connectivity index (χ3v) is 5.72. The number of nitrogens with two attached hydrogens (primary N) is 1. The first kappa shape index (κ1) is 17.1. The van der Waals surface area contributed by atoms with Gasteiger partial charge < -0.3 is 10.5 Å². The predicted molar refractivity (Wildman–Crippen MR) is 85.7 cm³/mol. The molecule has 114 valence electrons. The lowest BCUT2D eigenvalue weighted by Crippen LogP contribution is -2.39. The fourth-order valence-electron chi connectivity index (χ4n) is 1.63. The zero-order valence-electron chi connectivity index (χ0n) is 12.1. The molecule has 0 saturated heterocycles. The maximum Gasteiger partial charge on any atom is 0.217 e. The third-order valence-electron chi connectivity index (χ3n) is 2.99. The molecule has 0 fully saturated rings. The highest BCUT2D eigenvalue weighted by atomic mass is 32.2. The van der Waals surface area contributed by atoms with Crippen LogP contribution < -0.4 is 10.5 Å². The second-order valence-corrected chi connectivity index (χ2v) is 7.58. The molecular formula is C13H22N2O3S2. The molecule has 0 amide bonds. The van der Waals surface area contributed by atoms with Crippen molar-refractivity contribution < 1.29 is 13.2 Å². The summed E-state index contributed by atoms with van der Waals surface area (Å²) in [6.45, 7) is 1.98. The molecule has 0 aromatic heterocycles. The summed E-state index contributed by atoms with van der Waals surface area (Å²) in [5.41, 5.74) is 6.24. The van der Waals surface area contributed by atoms with Crippen molar-refractivity contribution in [3.05, 3.63) is 24.3 Å². The molecule has 7 heteroatoms. The van der Waals surface area contributed by atoms with Crippen LogP contribution in [0.5, 0.6) is 5.75 Å². The number of hydrogen-bond donors (Lipinski definition) is 1. The molecule has 5 nitrogen and oxygen atoms in total. The average Bonchev–Trinajstić information content (AvgIpc) is 2.40. The Morgan fingerprint density at radius 3 is 2.65 bits per heavy atom. The Morgan fingerprint density at radius 1 is 1.40 bits per heavy atom. The van der Waals surface area contributed by atoms with Gasteiger partial charge in [0.05, 0.1) is 11.4 Å². The van der Waals surface area contributed by atoms with E-state index in [0.717, 1.165) is 5.75 Å². The van der Waals surface area contributed by atoms with Crippen LogP contribution in [0.4, 0.5) is 5.69 Å². The number of benzene rings is 1. The summed E-state index contributed by atoms with van der Waals surface area (Å²) in [5, 5.41) is 0. The highest BCUT2D eigenvalue weighted by Gasteiger charge is 2.22. The number of thioether (sulfide) groups is 1. The van der Waals surface area contributed by atoms with E-state index in [-0.39, 0.29) is 18.4 Å². The monoisotopic (exact) mass is 318 g/mol. The summed E-state index contributed by atoms with van der Waals surface area (Å²) in [7, 11) is -1.71. The Kier molecular flexibility index (Phi) is 6.64. The van der Waals surface area contributed by atoms with E-state index >= 15 is 0 Å².